The molecule has 28 heavy (non-hydrogen) atoms. The zero-order valence-electron chi connectivity index (χ0n) is 15.9. The SMILES string of the molecule is CCC(=O)Nc1cccc(NS(=O)(=O)c2ccc(N3CCCC3=O)cc2)c1C. The van der Waals surface area contributed by atoms with E-state index in [0.717, 1.165) is 6.42 Å². The second-order valence-electron chi connectivity index (χ2n) is 6.63. The van der Waals surface area contributed by atoms with Crippen LogP contribution in [0.2, 0.25) is 0 Å². The number of nitrogens with one attached hydrogen (secondary N) is 2. The average molecular weight is 401 g/mol. The quantitative estimate of drug-likeness (QED) is 0.776. The van der Waals surface area contributed by atoms with Crippen molar-refractivity contribution in [1.82, 2.24) is 0 Å². The molecule has 148 valence electrons. The fourth-order valence-electron chi connectivity index (χ4n) is 3.05. The monoisotopic (exact) mass is 401 g/mol. The highest BCUT2D eigenvalue weighted by Gasteiger charge is 2.23. The maximum atomic E-state index is 12.8. The zero-order valence-corrected chi connectivity index (χ0v) is 16.7. The third-order valence-electron chi connectivity index (χ3n) is 4.71. The number of hydrogen-bond donors (Lipinski definition) is 2. The van der Waals surface area contributed by atoms with Crippen LogP contribution in [0.3, 0.4) is 0 Å². The molecule has 2 amide bonds. The van der Waals surface area contributed by atoms with Crippen molar-refractivity contribution in [1.29, 1.82) is 0 Å². The molecule has 1 aliphatic rings. The normalized spacial score (nSPS) is 14.2. The number of benzene rings is 2. The fourth-order valence-corrected chi connectivity index (χ4v) is 4.17. The molecule has 8 heteroatoms. The number of nitrogens with zero attached hydrogens (tertiary/aromatic N) is 1. The maximum Gasteiger partial charge on any atom is 0.261 e. The third-order valence-corrected chi connectivity index (χ3v) is 6.09. The summed E-state index contributed by atoms with van der Waals surface area (Å²) in [4.78, 5) is 25.2. The van der Waals surface area contributed by atoms with E-state index >= 15 is 0 Å². The molecule has 0 unspecified atom stereocenters. The van der Waals surface area contributed by atoms with Crippen LogP contribution in [-0.4, -0.2) is 26.8 Å². The van der Waals surface area contributed by atoms with Crippen LogP contribution in [0.1, 0.15) is 31.7 Å². The Bertz CT molecular complexity index is 1000. The average Bonchev–Trinajstić information content (AvgIpc) is 3.10. The molecular weight excluding hydrogens is 378 g/mol. The van der Waals surface area contributed by atoms with Crippen molar-refractivity contribution in [2.75, 3.05) is 21.5 Å². The van der Waals surface area contributed by atoms with E-state index < -0.39 is 10.0 Å². The topological polar surface area (TPSA) is 95.6 Å². The lowest BCUT2D eigenvalue weighted by Gasteiger charge is -2.17. The van der Waals surface area contributed by atoms with Crippen LogP contribution in [0.25, 0.3) is 0 Å². The van der Waals surface area contributed by atoms with Gasteiger partial charge in [0.05, 0.1) is 10.6 Å². The van der Waals surface area contributed by atoms with Crippen LogP contribution in [0.15, 0.2) is 47.4 Å². The molecule has 0 bridgehead atoms. The van der Waals surface area contributed by atoms with Crippen molar-refractivity contribution in [2.45, 2.75) is 38.0 Å². The summed E-state index contributed by atoms with van der Waals surface area (Å²) in [6.45, 7) is 4.14. The van der Waals surface area contributed by atoms with Crippen molar-refractivity contribution in [2.24, 2.45) is 0 Å². The first-order valence-corrected chi connectivity index (χ1v) is 10.6. The molecule has 2 aromatic carbocycles. The van der Waals surface area contributed by atoms with Crippen molar-refractivity contribution < 1.29 is 18.0 Å². The van der Waals surface area contributed by atoms with Crippen molar-refractivity contribution in [3.05, 3.63) is 48.0 Å². The molecule has 1 saturated heterocycles. The molecule has 0 radical (unpaired) electrons. The first-order valence-electron chi connectivity index (χ1n) is 9.14. The van der Waals surface area contributed by atoms with Gasteiger partial charge in [-0.25, -0.2) is 8.42 Å². The van der Waals surface area contributed by atoms with E-state index in [9.17, 15) is 18.0 Å². The minimum atomic E-state index is -3.81. The number of carbonyl (C=O) groups excluding carboxylic acids is 2. The summed E-state index contributed by atoms with van der Waals surface area (Å²) in [5.41, 5.74) is 2.29. The second-order valence-corrected chi connectivity index (χ2v) is 8.31. The van der Waals surface area contributed by atoms with Crippen molar-refractivity contribution in [3.8, 4) is 0 Å². The minimum Gasteiger partial charge on any atom is -0.326 e. The Morgan fingerprint density at radius 2 is 1.79 bits per heavy atom. The number of carbonyl (C=O) groups is 2. The lowest BCUT2D eigenvalue weighted by Crippen LogP contribution is -2.23. The van der Waals surface area contributed by atoms with Gasteiger partial charge >= 0.3 is 0 Å². The van der Waals surface area contributed by atoms with Crippen LogP contribution in [-0.2, 0) is 19.6 Å². The van der Waals surface area contributed by atoms with Gasteiger partial charge < -0.3 is 10.2 Å². The lowest BCUT2D eigenvalue weighted by molar-refractivity contribution is -0.117. The predicted octanol–water partition coefficient (Wildman–Crippen LogP) is 3.27. The molecule has 1 fully saturated rings. The fraction of sp³-hybridized carbons (Fsp3) is 0.300. The molecule has 0 aliphatic carbocycles. The predicted molar refractivity (Wildman–Crippen MR) is 109 cm³/mol. The standard InChI is InChI=1S/C20H23N3O4S/c1-3-19(24)21-17-6-4-7-18(14(17)2)22-28(26,27)16-11-9-15(10-12-16)23-13-5-8-20(23)25/h4,6-7,9-12,22H,3,5,8,13H2,1-2H3,(H,21,24). The summed E-state index contributed by atoms with van der Waals surface area (Å²) in [6, 6.07) is 11.3. The molecule has 0 aromatic heterocycles. The summed E-state index contributed by atoms with van der Waals surface area (Å²) in [6.07, 6.45) is 1.66. The van der Waals surface area contributed by atoms with E-state index in [1.54, 1.807) is 49.1 Å². The summed E-state index contributed by atoms with van der Waals surface area (Å²) < 4.78 is 28.1. The number of anilines is 3. The Kier molecular flexibility index (Phi) is 5.69. The van der Waals surface area contributed by atoms with Crippen LogP contribution in [0.4, 0.5) is 17.1 Å². The molecule has 3 rings (SSSR count). The largest absolute Gasteiger partial charge is 0.326 e. The molecular formula is C20H23N3O4S. The van der Waals surface area contributed by atoms with Gasteiger partial charge in [-0.05, 0) is 55.3 Å². The van der Waals surface area contributed by atoms with Gasteiger partial charge in [0.2, 0.25) is 11.8 Å². The highest BCUT2D eigenvalue weighted by Crippen LogP contribution is 2.27. The van der Waals surface area contributed by atoms with E-state index in [4.69, 9.17) is 0 Å². The van der Waals surface area contributed by atoms with Gasteiger partial charge in [0.15, 0.2) is 0 Å². The number of amides is 2. The van der Waals surface area contributed by atoms with Crippen LogP contribution in [0.5, 0.6) is 0 Å². The van der Waals surface area contributed by atoms with Crippen molar-refractivity contribution >= 4 is 38.9 Å². The first kappa shape index (κ1) is 19.9. The van der Waals surface area contributed by atoms with Gasteiger partial charge in [0.1, 0.15) is 0 Å². The Morgan fingerprint density at radius 3 is 2.39 bits per heavy atom. The molecule has 0 atom stereocenters. The highest BCUT2D eigenvalue weighted by atomic mass is 32.2. The lowest BCUT2D eigenvalue weighted by atomic mass is 10.1. The van der Waals surface area contributed by atoms with Gasteiger partial charge in [-0.3, -0.25) is 14.3 Å². The summed E-state index contributed by atoms with van der Waals surface area (Å²) in [5, 5.41) is 2.76. The molecule has 1 heterocycles. The van der Waals surface area contributed by atoms with E-state index in [1.165, 1.54) is 12.1 Å². The van der Waals surface area contributed by atoms with Gasteiger partial charge in [-0.1, -0.05) is 13.0 Å². The van der Waals surface area contributed by atoms with Gasteiger partial charge in [0.25, 0.3) is 10.0 Å². The second kappa shape index (κ2) is 8.02. The van der Waals surface area contributed by atoms with Crippen molar-refractivity contribution in [3.63, 3.8) is 0 Å². The summed E-state index contributed by atoms with van der Waals surface area (Å²) in [5.74, 6) is -0.0922. The smallest absolute Gasteiger partial charge is 0.261 e. The van der Waals surface area contributed by atoms with Gasteiger partial charge in [0, 0.05) is 30.8 Å². The molecule has 1 aliphatic heterocycles. The van der Waals surface area contributed by atoms with E-state index in [-0.39, 0.29) is 16.7 Å². The van der Waals surface area contributed by atoms with Crippen LogP contribution >= 0.6 is 0 Å². The molecule has 0 saturated carbocycles. The number of sulfonamides is 1. The maximum absolute atomic E-state index is 12.8. The zero-order chi connectivity index (χ0) is 20.3. The molecule has 7 nitrogen and oxygen atoms in total. The Hall–Kier alpha value is -2.87. The third kappa shape index (κ3) is 4.17. The molecule has 2 aromatic rings. The van der Waals surface area contributed by atoms with E-state index in [1.807, 2.05) is 0 Å². The molecule has 2 N–H and O–H groups in total. The Balaban J connectivity index is 1.81. The Labute approximate surface area is 164 Å². The molecule has 0 spiro atoms. The van der Waals surface area contributed by atoms with Gasteiger partial charge in [-0.15, -0.1) is 0 Å². The number of rotatable bonds is 6. The number of hydrogen-bond acceptors (Lipinski definition) is 4. The van der Waals surface area contributed by atoms with E-state index in [2.05, 4.69) is 10.0 Å². The summed E-state index contributed by atoms with van der Waals surface area (Å²) in [7, 11) is -3.81. The van der Waals surface area contributed by atoms with E-state index in [0.29, 0.717) is 42.0 Å². The highest BCUT2D eigenvalue weighted by molar-refractivity contribution is 7.92. The summed E-state index contributed by atoms with van der Waals surface area (Å²) >= 11 is 0. The van der Waals surface area contributed by atoms with Gasteiger partial charge in [-0.2, -0.15) is 0 Å². The van der Waals surface area contributed by atoms with Crippen LogP contribution in [0, 0.1) is 6.92 Å². The Morgan fingerprint density at radius 1 is 1.11 bits per heavy atom. The van der Waals surface area contributed by atoms with Crippen LogP contribution < -0.4 is 14.9 Å². The minimum absolute atomic E-state index is 0.0512. The first-order chi connectivity index (χ1) is 13.3.